The lowest BCUT2D eigenvalue weighted by molar-refractivity contribution is -0.383. The number of carbonyl (C=O) groups excluding carboxylic acids is 1. The highest BCUT2D eigenvalue weighted by atomic mass is 16.6. The highest BCUT2D eigenvalue weighted by Gasteiger charge is 2.22. The molecule has 0 unspecified atom stereocenters. The summed E-state index contributed by atoms with van der Waals surface area (Å²) < 4.78 is 4.55. The summed E-state index contributed by atoms with van der Waals surface area (Å²) in [5.41, 5.74) is 0.221. The monoisotopic (exact) mass is 221 g/mol. The number of rotatable bonds is 2. The number of nitrogens with zero attached hydrogens (tertiary/aromatic N) is 2. The van der Waals surface area contributed by atoms with Crippen LogP contribution in [0, 0.1) is 10.1 Å². The number of carbonyl (C=O) groups is 1. The van der Waals surface area contributed by atoms with Crippen molar-refractivity contribution in [1.82, 2.24) is 9.97 Å². The standard InChI is InChI=1S/C9H7N3O4/c1-16-9(13)5-2-3-10-8-7(5)6(4-11-8)12(14)15/h2-4H,1H3,(H,10,11). The number of H-pyrrole nitrogens is 1. The minimum Gasteiger partial charge on any atom is -0.465 e. The average Bonchev–Trinajstić information content (AvgIpc) is 2.71. The third kappa shape index (κ3) is 1.38. The van der Waals surface area contributed by atoms with Crippen molar-refractivity contribution >= 4 is 22.7 Å². The van der Waals surface area contributed by atoms with E-state index in [1.54, 1.807) is 0 Å². The van der Waals surface area contributed by atoms with Gasteiger partial charge >= 0.3 is 5.97 Å². The smallest absolute Gasteiger partial charge is 0.338 e. The van der Waals surface area contributed by atoms with Crippen molar-refractivity contribution in [2.75, 3.05) is 7.11 Å². The lowest BCUT2D eigenvalue weighted by Gasteiger charge is -1.99. The van der Waals surface area contributed by atoms with Crippen LogP contribution in [0.15, 0.2) is 18.5 Å². The van der Waals surface area contributed by atoms with Gasteiger partial charge in [-0.05, 0) is 6.07 Å². The molecule has 0 aromatic carbocycles. The fourth-order valence-corrected chi connectivity index (χ4v) is 1.46. The molecule has 7 nitrogen and oxygen atoms in total. The number of fused-ring (bicyclic) bond motifs is 1. The number of aromatic nitrogens is 2. The second-order valence-electron chi connectivity index (χ2n) is 3.00. The summed E-state index contributed by atoms with van der Waals surface area (Å²) in [7, 11) is 1.22. The molecule has 0 amide bonds. The van der Waals surface area contributed by atoms with Crippen molar-refractivity contribution in [2.45, 2.75) is 0 Å². The summed E-state index contributed by atoms with van der Waals surface area (Å²) in [6, 6.07) is 1.38. The first-order chi connectivity index (χ1) is 7.65. The van der Waals surface area contributed by atoms with E-state index in [1.807, 2.05) is 0 Å². The number of ether oxygens (including phenoxy) is 1. The van der Waals surface area contributed by atoms with Crippen molar-refractivity contribution in [2.24, 2.45) is 0 Å². The van der Waals surface area contributed by atoms with Crippen LogP contribution in [0.1, 0.15) is 10.4 Å². The zero-order valence-electron chi connectivity index (χ0n) is 8.26. The predicted octanol–water partition coefficient (Wildman–Crippen LogP) is 1.26. The number of nitro groups is 1. The third-order valence-electron chi connectivity index (χ3n) is 2.15. The van der Waals surface area contributed by atoms with E-state index in [0.29, 0.717) is 0 Å². The molecule has 1 N–H and O–H groups in total. The molecule has 16 heavy (non-hydrogen) atoms. The molecule has 0 fully saturated rings. The van der Waals surface area contributed by atoms with Gasteiger partial charge in [0.15, 0.2) is 0 Å². The van der Waals surface area contributed by atoms with Gasteiger partial charge in [0.2, 0.25) is 0 Å². The highest BCUT2D eigenvalue weighted by molar-refractivity contribution is 6.06. The Morgan fingerprint density at radius 2 is 2.38 bits per heavy atom. The van der Waals surface area contributed by atoms with Gasteiger partial charge < -0.3 is 9.72 Å². The first kappa shape index (κ1) is 10.1. The topological polar surface area (TPSA) is 98.1 Å². The van der Waals surface area contributed by atoms with Crippen molar-refractivity contribution in [3.8, 4) is 0 Å². The van der Waals surface area contributed by atoms with Gasteiger partial charge in [0, 0.05) is 6.20 Å². The first-order valence-corrected chi connectivity index (χ1v) is 4.34. The molecule has 0 saturated carbocycles. The number of aromatic amines is 1. The Bertz CT molecular complexity index is 575. The van der Waals surface area contributed by atoms with E-state index in [1.165, 1.54) is 25.6 Å². The molecule has 0 aliphatic heterocycles. The van der Waals surface area contributed by atoms with Gasteiger partial charge in [0.05, 0.1) is 23.8 Å². The van der Waals surface area contributed by atoms with E-state index >= 15 is 0 Å². The van der Waals surface area contributed by atoms with Crippen LogP contribution >= 0.6 is 0 Å². The van der Waals surface area contributed by atoms with Crippen LogP contribution in [0.2, 0.25) is 0 Å². The molecular formula is C9H7N3O4. The lowest BCUT2D eigenvalue weighted by atomic mass is 10.2. The maximum atomic E-state index is 11.4. The van der Waals surface area contributed by atoms with Crippen molar-refractivity contribution in [3.63, 3.8) is 0 Å². The molecule has 0 saturated heterocycles. The molecule has 0 bridgehead atoms. The number of methoxy groups -OCH3 is 1. The van der Waals surface area contributed by atoms with Gasteiger partial charge in [0.25, 0.3) is 5.69 Å². The zero-order valence-corrected chi connectivity index (χ0v) is 8.26. The Labute approximate surface area is 89.2 Å². The fraction of sp³-hybridized carbons (Fsp3) is 0.111. The van der Waals surface area contributed by atoms with E-state index in [9.17, 15) is 14.9 Å². The Kier molecular flexibility index (Phi) is 2.28. The fourth-order valence-electron chi connectivity index (χ4n) is 1.46. The van der Waals surface area contributed by atoms with Gasteiger partial charge in [-0.2, -0.15) is 0 Å². The number of esters is 1. The van der Waals surface area contributed by atoms with Gasteiger partial charge in [0.1, 0.15) is 11.0 Å². The molecule has 0 radical (unpaired) electrons. The molecule has 82 valence electrons. The van der Waals surface area contributed by atoms with Crippen LogP contribution in [-0.4, -0.2) is 28.0 Å². The van der Waals surface area contributed by atoms with Gasteiger partial charge in [-0.25, -0.2) is 9.78 Å². The molecule has 7 heteroatoms. The second kappa shape index (κ2) is 3.61. The lowest BCUT2D eigenvalue weighted by Crippen LogP contribution is -2.02. The summed E-state index contributed by atoms with van der Waals surface area (Å²) in [5, 5.41) is 10.9. The van der Waals surface area contributed by atoms with Crippen LogP contribution in [0.3, 0.4) is 0 Å². The van der Waals surface area contributed by atoms with E-state index in [-0.39, 0.29) is 22.3 Å². The van der Waals surface area contributed by atoms with Crippen molar-refractivity contribution < 1.29 is 14.5 Å². The quantitative estimate of drug-likeness (QED) is 0.467. The summed E-state index contributed by atoms with van der Waals surface area (Å²) in [6.45, 7) is 0. The van der Waals surface area contributed by atoms with E-state index < -0.39 is 10.9 Å². The normalized spacial score (nSPS) is 10.3. The highest BCUT2D eigenvalue weighted by Crippen LogP contribution is 2.27. The Morgan fingerprint density at radius 3 is 3.00 bits per heavy atom. The average molecular weight is 221 g/mol. The molecule has 2 rings (SSSR count). The van der Waals surface area contributed by atoms with Crippen molar-refractivity contribution in [1.29, 1.82) is 0 Å². The van der Waals surface area contributed by atoms with Gasteiger partial charge in [-0.1, -0.05) is 0 Å². The third-order valence-corrected chi connectivity index (χ3v) is 2.15. The number of hydrogen-bond donors (Lipinski definition) is 1. The van der Waals surface area contributed by atoms with Crippen molar-refractivity contribution in [3.05, 3.63) is 34.1 Å². The molecule has 0 aliphatic rings. The maximum Gasteiger partial charge on any atom is 0.338 e. The van der Waals surface area contributed by atoms with Crippen LogP contribution in [0.4, 0.5) is 5.69 Å². The van der Waals surface area contributed by atoms with E-state index in [2.05, 4.69) is 14.7 Å². The molecule has 0 aliphatic carbocycles. The van der Waals surface area contributed by atoms with Gasteiger partial charge in [-0.15, -0.1) is 0 Å². The van der Waals surface area contributed by atoms with E-state index in [0.717, 1.165) is 0 Å². The van der Waals surface area contributed by atoms with Crippen LogP contribution in [0.5, 0.6) is 0 Å². The van der Waals surface area contributed by atoms with Crippen LogP contribution in [0.25, 0.3) is 11.0 Å². The molecule has 2 aromatic heterocycles. The first-order valence-electron chi connectivity index (χ1n) is 4.34. The Balaban J connectivity index is 2.78. The summed E-state index contributed by atoms with van der Waals surface area (Å²) in [4.78, 5) is 28.1. The number of nitrogens with one attached hydrogen (secondary N) is 1. The largest absolute Gasteiger partial charge is 0.465 e. The van der Waals surface area contributed by atoms with E-state index in [4.69, 9.17) is 0 Å². The second-order valence-corrected chi connectivity index (χ2v) is 3.00. The zero-order chi connectivity index (χ0) is 11.7. The molecule has 2 aromatic rings. The van der Waals surface area contributed by atoms with Crippen LogP contribution in [-0.2, 0) is 4.74 Å². The Hall–Kier alpha value is -2.44. The molecule has 0 spiro atoms. The molecular weight excluding hydrogens is 214 g/mol. The predicted molar refractivity (Wildman–Crippen MR) is 54.1 cm³/mol. The minimum atomic E-state index is -0.630. The Morgan fingerprint density at radius 1 is 1.62 bits per heavy atom. The van der Waals surface area contributed by atoms with Gasteiger partial charge in [-0.3, -0.25) is 10.1 Å². The maximum absolute atomic E-state index is 11.4. The summed E-state index contributed by atoms with van der Waals surface area (Å²) in [6.07, 6.45) is 2.58. The molecule has 0 atom stereocenters. The summed E-state index contributed by atoms with van der Waals surface area (Å²) in [5.74, 6) is -0.630. The summed E-state index contributed by atoms with van der Waals surface area (Å²) >= 11 is 0. The minimum absolute atomic E-state index is 0.125. The number of pyridine rings is 1. The number of hydrogen-bond acceptors (Lipinski definition) is 5. The molecule has 2 heterocycles. The van der Waals surface area contributed by atoms with Crippen LogP contribution < -0.4 is 0 Å². The SMILES string of the molecule is COC(=O)c1ccnc2[nH]cc([N+](=O)[O-])c12.